The molecular formula is C11H12Cl3IO3S. The lowest BCUT2D eigenvalue weighted by Crippen LogP contribution is -2.14. The molecule has 0 spiro atoms. The average molecular weight is 458 g/mol. The van der Waals surface area contributed by atoms with Crippen molar-refractivity contribution in [2.24, 2.45) is 0 Å². The molecule has 0 amide bonds. The summed E-state index contributed by atoms with van der Waals surface area (Å²) in [5.74, 6) is -0.125. The van der Waals surface area contributed by atoms with E-state index in [0.717, 1.165) is 17.3 Å². The molecule has 1 aromatic carbocycles. The monoisotopic (exact) mass is 456 g/mol. The number of benzene rings is 1. The maximum Gasteiger partial charge on any atom is 0.309 e. The van der Waals surface area contributed by atoms with Gasteiger partial charge in [-0.2, -0.15) is 8.42 Å². The molecule has 0 N–H and O–H groups in total. The van der Waals surface area contributed by atoms with Gasteiger partial charge in [0.1, 0.15) is 0 Å². The normalized spacial score (nSPS) is 11.6. The largest absolute Gasteiger partial charge is 0.379 e. The average Bonchev–Trinajstić information content (AvgIpc) is 2.29. The Kier molecular flexibility index (Phi) is 7.53. The minimum Gasteiger partial charge on any atom is -0.379 e. The van der Waals surface area contributed by atoms with E-state index in [0.29, 0.717) is 11.4 Å². The second-order valence-corrected chi connectivity index (χ2v) is 7.81. The molecule has 0 atom stereocenters. The number of halogens is 4. The van der Waals surface area contributed by atoms with E-state index in [2.05, 4.69) is 22.6 Å². The Morgan fingerprint density at radius 2 is 1.63 bits per heavy atom. The van der Waals surface area contributed by atoms with Crippen LogP contribution in [-0.2, 0) is 10.1 Å². The Morgan fingerprint density at radius 1 is 1.05 bits per heavy atom. The van der Waals surface area contributed by atoms with E-state index in [1.54, 1.807) is 0 Å². The lowest BCUT2D eigenvalue weighted by molar-refractivity contribution is 0.483. The zero-order chi connectivity index (χ0) is 14.5. The summed E-state index contributed by atoms with van der Waals surface area (Å²) in [6, 6.07) is 2.77. The summed E-state index contributed by atoms with van der Waals surface area (Å²) in [5, 5.41) is 0.475. The van der Waals surface area contributed by atoms with Crippen molar-refractivity contribution in [2.45, 2.75) is 19.3 Å². The van der Waals surface area contributed by atoms with Gasteiger partial charge < -0.3 is 4.18 Å². The van der Waals surface area contributed by atoms with Crippen molar-refractivity contribution in [1.29, 1.82) is 0 Å². The van der Waals surface area contributed by atoms with Crippen LogP contribution < -0.4 is 4.18 Å². The number of hydrogen-bond donors (Lipinski definition) is 0. The summed E-state index contributed by atoms with van der Waals surface area (Å²) in [7, 11) is -3.69. The summed E-state index contributed by atoms with van der Waals surface area (Å²) < 4.78 is 29.5. The molecule has 0 aromatic heterocycles. The minimum absolute atomic E-state index is 0.0566. The highest BCUT2D eigenvalue weighted by atomic mass is 127. The molecule has 0 unspecified atom stereocenters. The van der Waals surface area contributed by atoms with E-state index in [1.165, 1.54) is 12.1 Å². The molecular weight excluding hydrogens is 445 g/mol. The van der Waals surface area contributed by atoms with Crippen molar-refractivity contribution in [3.8, 4) is 5.75 Å². The van der Waals surface area contributed by atoms with Crippen molar-refractivity contribution >= 4 is 67.5 Å². The van der Waals surface area contributed by atoms with Gasteiger partial charge in [-0.1, -0.05) is 63.8 Å². The Labute approximate surface area is 141 Å². The molecule has 0 aliphatic heterocycles. The SMILES string of the molecule is O=S(=O)(CCCCCI)Oc1c(Cl)cc(Cl)cc1Cl. The second-order valence-electron chi connectivity index (χ2n) is 3.79. The Morgan fingerprint density at radius 3 is 2.16 bits per heavy atom. The molecule has 0 saturated heterocycles. The summed E-state index contributed by atoms with van der Waals surface area (Å²) in [5.41, 5.74) is 0. The first-order valence-electron chi connectivity index (χ1n) is 5.48. The van der Waals surface area contributed by atoms with Crippen LogP contribution in [0.3, 0.4) is 0 Å². The Hall–Kier alpha value is 0.570. The zero-order valence-electron chi connectivity index (χ0n) is 9.84. The summed E-state index contributed by atoms with van der Waals surface area (Å²) in [6.07, 6.45) is 2.38. The van der Waals surface area contributed by atoms with E-state index in [9.17, 15) is 8.42 Å². The van der Waals surface area contributed by atoms with Gasteiger partial charge in [-0.3, -0.25) is 0 Å². The van der Waals surface area contributed by atoms with E-state index in [1.807, 2.05) is 0 Å². The van der Waals surface area contributed by atoms with Gasteiger partial charge in [-0.05, 0) is 29.4 Å². The van der Waals surface area contributed by atoms with Gasteiger partial charge in [-0.25, -0.2) is 0 Å². The lowest BCUT2D eigenvalue weighted by atomic mass is 10.3. The number of unbranched alkanes of at least 4 members (excludes halogenated alkanes) is 2. The Balaban J connectivity index is 2.73. The molecule has 3 nitrogen and oxygen atoms in total. The van der Waals surface area contributed by atoms with Crippen molar-refractivity contribution in [3.63, 3.8) is 0 Å². The molecule has 0 fully saturated rings. The maximum absolute atomic E-state index is 11.8. The van der Waals surface area contributed by atoms with Crippen LogP contribution in [0.1, 0.15) is 19.3 Å². The summed E-state index contributed by atoms with van der Waals surface area (Å²) in [4.78, 5) is 0. The van der Waals surface area contributed by atoms with Gasteiger partial charge in [0.15, 0.2) is 5.75 Å². The van der Waals surface area contributed by atoms with Crippen LogP contribution >= 0.6 is 57.4 Å². The molecule has 8 heteroatoms. The van der Waals surface area contributed by atoms with Crippen LogP contribution in [-0.4, -0.2) is 18.6 Å². The minimum atomic E-state index is -3.69. The second kappa shape index (κ2) is 8.12. The van der Waals surface area contributed by atoms with Crippen molar-refractivity contribution < 1.29 is 12.6 Å². The number of rotatable bonds is 7. The fraction of sp³-hybridized carbons (Fsp3) is 0.455. The maximum atomic E-state index is 11.8. The topological polar surface area (TPSA) is 43.4 Å². The van der Waals surface area contributed by atoms with E-state index in [4.69, 9.17) is 39.0 Å². The van der Waals surface area contributed by atoms with Crippen LogP contribution in [0.2, 0.25) is 15.1 Å². The Bertz CT molecular complexity index is 511. The van der Waals surface area contributed by atoms with Crippen LogP contribution in [0.15, 0.2) is 12.1 Å². The van der Waals surface area contributed by atoms with Crippen molar-refractivity contribution in [1.82, 2.24) is 0 Å². The van der Waals surface area contributed by atoms with Crippen LogP contribution in [0.4, 0.5) is 0 Å². The zero-order valence-corrected chi connectivity index (χ0v) is 15.1. The third-order valence-corrected chi connectivity index (χ3v) is 4.95. The summed E-state index contributed by atoms with van der Waals surface area (Å²) >= 11 is 19.7. The van der Waals surface area contributed by atoms with Gasteiger partial charge in [0.25, 0.3) is 0 Å². The van der Waals surface area contributed by atoms with Crippen molar-refractivity contribution in [2.75, 3.05) is 10.2 Å². The quantitative estimate of drug-likeness (QED) is 0.252. The van der Waals surface area contributed by atoms with Crippen LogP contribution in [0.25, 0.3) is 0 Å². The van der Waals surface area contributed by atoms with E-state index >= 15 is 0 Å². The van der Waals surface area contributed by atoms with Gasteiger partial charge in [0.2, 0.25) is 0 Å². The fourth-order valence-electron chi connectivity index (χ4n) is 1.33. The van der Waals surface area contributed by atoms with Gasteiger partial charge in [0, 0.05) is 5.02 Å². The first-order chi connectivity index (χ1) is 8.85. The van der Waals surface area contributed by atoms with E-state index in [-0.39, 0.29) is 21.5 Å². The number of hydrogen-bond acceptors (Lipinski definition) is 3. The smallest absolute Gasteiger partial charge is 0.309 e. The summed E-state index contributed by atoms with van der Waals surface area (Å²) in [6.45, 7) is 0. The standard InChI is InChI=1S/C11H12Cl3IO3S/c12-8-6-9(13)11(10(14)7-8)18-19(16,17)5-3-1-2-4-15/h6-7H,1-5H2. The molecule has 0 bridgehead atoms. The molecule has 19 heavy (non-hydrogen) atoms. The highest BCUT2D eigenvalue weighted by Gasteiger charge is 2.18. The molecule has 1 rings (SSSR count). The first kappa shape index (κ1) is 17.6. The molecule has 108 valence electrons. The van der Waals surface area contributed by atoms with Gasteiger partial charge in [0.05, 0.1) is 15.8 Å². The van der Waals surface area contributed by atoms with E-state index < -0.39 is 10.1 Å². The van der Waals surface area contributed by atoms with Crippen LogP contribution in [0.5, 0.6) is 5.75 Å². The predicted octanol–water partition coefficient (Wildman–Crippen LogP) is 4.96. The highest BCUT2D eigenvalue weighted by Crippen LogP contribution is 2.36. The molecule has 0 aliphatic carbocycles. The van der Waals surface area contributed by atoms with Crippen LogP contribution in [0, 0.1) is 0 Å². The lowest BCUT2D eigenvalue weighted by Gasteiger charge is -2.10. The van der Waals surface area contributed by atoms with Gasteiger partial charge in [-0.15, -0.1) is 0 Å². The molecule has 1 aromatic rings. The molecule has 0 aliphatic rings. The molecule has 0 radical (unpaired) electrons. The third kappa shape index (κ3) is 6.25. The third-order valence-electron chi connectivity index (χ3n) is 2.20. The number of alkyl halides is 1. The fourth-order valence-corrected chi connectivity index (χ4v) is 3.93. The van der Waals surface area contributed by atoms with Gasteiger partial charge >= 0.3 is 10.1 Å². The highest BCUT2D eigenvalue weighted by molar-refractivity contribution is 14.1. The first-order valence-corrected chi connectivity index (χ1v) is 9.72. The predicted molar refractivity (Wildman–Crippen MR) is 88.6 cm³/mol. The molecule has 0 heterocycles. The van der Waals surface area contributed by atoms with Crippen molar-refractivity contribution in [3.05, 3.63) is 27.2 Å². The molecule has 0 saturated carbocycles.